The Morgan fingerprint density at radius 1 is 0.317 bits per heavy atom. The van der Waals surface area contributed by atoms with Crippen LogP contribution in [0.4, 0.5) is 0 Å². The summed E-state index contributed by atoms with van der Waals surface area (Å²) in [7, 11) is 40.5. The van der Waals surface area contributed by atoms with Gasteiger partial charge < -0.3 is 0 Å². The zero-order valence-corrected chi connectivity index (χ0v) is 49.8. The van der Waals surface area contributed by atoms with Gasteiger partial charge in [0.15, 0.2) is 0 Å². The molecule has 0 amide bonds. The maximum absolute atomic E-state index is 8.01. The van der Waals surface area contributed by atoms with Crippen molar-refractivity contribution in [3.05, 3.63) is 0 Å². The zero-order chi connectivity index (χ0) is 48.4. The van der Waals surface area contributed by atoms with Crippen LogP contribution in [0.25, 0.3) is 0 Å². The minimum atomic E-state index is -5.10. The summed E-state index contributed by atoms with van der Waals surface area (Å²) in [6, 6.07) is 0. The van der Waals surface area contributed by atoms with Crippen molar-refractivity contribution in [3.63, 3.8) is 0 Å². The quantitative estimate of drug-likeness (QED) is 0.105. The molecule has 4 rings (SSSR count). The Bertz CT molecular complexity index is 1560. The molecular weight excluding hydrogens is 887 g/mol. The summed E-state index contributed by atoms with van der Waals surface area (Å²) in [6.45, 7) is 0. The third-order valence-corrected chi connectivity index (χ3v) is 44.3. The SMILES string of the molecule is COP(N=P1(N(C)C)CCCC1(N(C)C)N(C)C)(N=P1(N(C)C)CCCC1(N(C)C)N(C)C)(N=P1(N(C)C)CCCC1(N(C)C)N(C)C)N=P1(N(C)C)CCCC1(N(C)C)N(C)C. The van der Waals surface area contributed by atoms with Crippen molar-refractivity contribution in [2.45, 2.75) is 73.0 Å². The van der Waals surface area contributed by atoms with Crippen LogP contribution < -0.4 is 0 Å². The van der Waals surface area contributed by atoms with E-state index in [0.29, 0.717) is 0 Å². The maximum atomic E-state index is 8.01. The van der Waals surface area contributed by atoms with Crippen LogP contribution in [-0.4, -0.2) is 280 Å². The Kier molecular flexibility index (Phi) is 17.2. The van der Waals surface area contributed by atoms with Crippen molar-refractivity contribution in [1.82, 2.24) is 57.9 Å². The van der Waals surface area contributed by atoms with Crippen LogP contribution in [0, 0.1) is 0 Å². The molecule has 0 aliphatic carbocycles. The van der Waals surface area contributed by atoms with Gasteiger partial charge in [-0.1, -0.05) is 0 Å². The fourth-order valence-electron chi connectivity index (χ4n) is 13.7. The molecule has 4 fully saturated rings. The average Bonchev–Trinajstić information content (AvgIpc) is 3.94. The molecule has 63 heavy (non-hydrogen) atoms. The van der Waals surface area contributed by atoms with Gasteiger partial charge in [-0.3, -0.25) is 0 Å². The predicted octanol–water partition coefficient (Wildman–Crippen LogP) is 7.76. The second kappa shape index (κ2) is 19.2. The van der Waals surface area contributed by atoms with E-state index in [1.165, 1.54) is 0 Å². The van der Waals surface area contributed by atoms with Gasteiger partial charge in [0.2, 0.25) is 0 Å². The summed E-state index contributed by atoms with van der Waals surface area (Å²) in [5, 5.41) is -1.68. The molecule has 4 saturated heterocycles. The van der Waals surface area contributed by atoms with Crippen molar-refractivity contribution in [3.8, 4) is 0 Å². The Morgan fingerprint density at radius 2 is 0.476 bits per heavy atom. The van der Waals surface area contributed by atoms with E-state index in [-0.39, 0.29) is 0 Å². The van der Waals surface area contributed by atoms with Gasteiger partial charge in [0.25, 0.3) is 0 Å². The van der Waals surface area contributed by atoms with Crippen molar-refractivity contribution in [1.29, 1.82) is 0 Å². The third-order valence-electron chi connectivity index (χ3n) is 16.1. The van der Waals surface area contributed by atoms with Crippen LogP contribution in [0.3, 0.4) is 0 Å². The van der Waals surface area contributed by atoms with Gasteiger partial charge in [-0.05, 0) is 0 Å². The molecule has 0 aromatic heterocycles. The van der Waals surface area contributed by atoms with E-state index in [0.717, 1.165) is 76.0 Å². The minimum absolute atomic E-state index is 0.419. The van der Waals surface area contributed by atoms with E-state index in [4.69, 9.17) is 22.6 Å². The second-order valence-electron chi connectivity index (χ2n) is 21.3. The zero-order valence-electron chi connectivity index (χ0n) is 45.3. The Balaban J connectivity index is 2.81. The fourth-order valence-corrected chi connectivity index (χ4v) is 47.4. The first-order valence-electron chi connectivity index (χ1n) is 23.1. The third kappa shape index (κ3) is 7.78. The summed E-state index contributed by atoms with van der Waals surface area (Å²) in [4.78, 5) is 19.8. The number of nitrogens with zero attached hydrogens (tertiary/aromatic N) is 16. The second-order valence-corrected chi connectivity index (χ2v) is 39.9. The van der Waals surface area contributed by atoms with E-state index in [9.17, 15) is 0 Å². The van der Waals surface area contributed by atoms with E-state index in [1.807, 2.05) is 7.11 Å². The van der Waals surface area contributed by atoms with Gasteiger partial charge in [-0.2, -0.15) is 0 Å². The van der Waals surface area contributed by atoms with Crippen LogP contribution in [0.15, 0.2) is 18.1 Å². The molecule has 17 nitrogen and oxygen atoms in total. The van der Waals surface area contributed by atoms with E-state index in [1.54, 1.807) is 0 Å². The van der Waals surface area contributed by atoms with Crippen LogP contribution >= 0.6 is 36.3 Å². The molecule has 0 aromatic carbocycles. The molecule has 0 bridgehead atoms. The van der Waals surface area contributed by atoms with Gasteiger partial charge in [0.05, 0.1) is 0 Å². The Morgan fingerprint density at radius 3 is 0.587 bits per heavy atom. The molecule has 0 aromatic rings. The Labute approximate surface area is 389 Å². The molecule has 4 heterocycles. The molecule has 0 spiro atoms. The topological polar surface area (TPSA) is 97.5 Å². The van der Waals surface area contributed by atoms with Crippen LogP contribution in [-0.2, 0) is 4.52 Å². The molecule has 0 radical (unpaired) electrons. The van der Waals surface area contributed by atoms with E-state index < -0.39 is 57.9 Å². The van der Waals surface area contributed by atoms with Gasteiger partial charge >= 0.3 is 391 Å². The summed E-state index contributed by atoms with van der Waals surface area (Å²) in [5.74, 6) is 0. The monoisotopic (exact) mass is 987 g/mol. The summed E-state index contributed by atoms with van der Waals surface area (Å²) < 4.78 is 45.9. The van der Waals surface area contributed by atoms with Crippen molar-refractivity contribution >= 4 is 36.3 Å². The van der Waals surface area contributed by atoms with E-state index in [2.05, 4.69) is 227 Å². The van der Waals surface area contributed by atoms with Crippen LogP contribution in [0.5, 0.6) is 0 Å². The molecule has 4 aliphatic rings. The number of rotatable bonds is 17. The molecular formula is C41H99N16OP5. The number of hydrogen-bond acceptors (Lipinski definition) is 13. The first kappa shape index (κ1) is 56.4. The molecule has 22 heteroatoms. The van der Waals surface area contributed by atoms with Gasteiger partial charge in [0.1, 0.15) is 0 Å². The standard InChI is InChI=1S/C41H99N16OP5/c1-46(2)38(47(3)4)30-26-34-59(38,54(17)18)42-63(58-25,43-60(55(19)20)35-27-31-39(60,48(5)6)49(7)8,44-61(56(21)22)36-28-32-40(61,50(9)10)51(11)12)45-62(57(23)24)37-29-33-41(62,52(13)14)53(15)16/h26-37H2,1-25H3. The van der Waals surface area contributed by atoms with Gasteiger partial charge in [-0.25, -0.2) is 0 Å². The first-order chi connectivity index (χ1) is 28.9. The predicted molar refractivity (Wildman–Crippen MR) is 283 cm³/mol. The first-order valence-corrected chi connectivity index (χ1v) is 32.6. The molecule has 4 atom stereocenters. The normalized spacial score (nSPS) is 31.5. The van der Waals surface area contributed by atoms with Crippen LogP contribution in [0.1, 0.15) is 51.4 Å². The molecule has 374 valence electrons. The molecule has 4 aliphatic heterocycles. The van der Waals surface area contributed by atoms with Gasteiger partial charge in [-0.15, -0.1) is 0 Å². The summed E-state index contributed by atoms with van der Waals surface area (Å²) >= 11 is 0. The molecule has 0 saturated carbocycles. The molecule has 4 unspecified atom stereocenters. The Hall–Kier alpha value is 0.830. The summed E-state index contributed by atoms with van der Waals surface area (Å²) in [6.07, 6.45) is 11.8. The van der Waals surface area contributed by atoms with Crippen molar-refractivity contribution in [2.24, 2.45) is 18.1 Å². The summed E-state index contributed by atoms with van der Waals surface area (Å²) in [5.41, 5.74) is 0. The van der Waals surface area contributed by atoms with Crippen LogP contribution in [0.2, 0.25) is 0 Å². The van der Waals surface area contributed by atoms with E-state index >= 15 is 0 Å². The van der Waals surface area contributed by atoms with Crippen molar-refractivity contribution in [2.75, 3.05) is 201 Å². The number of hydrogen-bond donors (Lipinski definition) is 0. The average molecular weight is 987 g/mol. The fraction of sp³-hybridized carbons (Fsp3) is 1.00. The molecule has 0 N–H and O–H groups in total. The van der Waals surface area contributed by atoms with Gasteiger partial charge in [0, 0.05) is 0 Å². The van der Waals surface area contributed by atoms with Crippen molar-refractivity contribution < 1.29 is 4.52 Å².